The minimum absolute atomic E-state index is 0.391. The molecule has 1 heterocycles. The van der Waals surface area contributed by atoms with Crippen LogP contribution in [0.5, 0.6) is 11.5 Å². The number of carbonyl (C=O) groups excluding carboxylic acids is 1. The Bertz CT molecular complexity index is 938. The fourth-order valence-electron chi connectivity index (χ4n) is 2.55. The number of rotatable bonds is 7. The molecule has 0 aliphatic heterocycles. The molecule has 2 aromatic carbocycles. The average molecular weight is 382 g/mol. The highest BCUT2D eigenvalue weighted by Gasteiger charge is 2.11. The van der Waals surface area contributed by atoms with Crippen LogP contribution in [-0.2, 0) is 0 Å². The van der Waals surface area contributed by atoms with Crippen LogP contribution in [0.25, 0.3) is 11.4 Å². The Morgan fingerprint density at radius 2 is 1.79 bits per heavy atom. The summed E-state index contributed by atoms with van der Waals surface area (Å²) in [5.74, 6) is 2.23. The highest BCUT2D eigenvalue weighted by molar-refractivity contribution is 6.00. The highest BCUT2D eigenvalue weighted by atomic mass is 16.5. The maximum Gasteiger partial charge on any atom is 0.323 e. The summed E-state index contributed by atoms with van der Waals surface area (Å²) in [6.07, 6.45) is 0. The fourth-order valence-corrected chi connectivity index (χ4v) is 2.55. The molecule has 0 saturated heterocycles. The monoisotopic (exact) mass is 382 g/mol. The molecule has 8 nitrogen and oxygen atoms in total. The molecule has 2 amide bonds. The molecule has 28 heavy (non-hydrogen) atoms. The van der Waals surface area contributed by atoms with E-state index in [1.165, 1.54) is 0 Å². The number of nitrogens with zero attached hydrogens (tertiary/aromatic N) is 2. The van der Waals surface area contributed by atoms with Crippen molar-refractivity contribution in [3.8, 4) is 22.9 Å². The third-order valence-electron chi connectivity index (χ3n) is 3.74. The van der Waals surface area contributed by atoms with Crippen LogP contribution in [0.15, 0.2) is 47.0 Å². The Morgan fingerprint density at radius 3 is 2.43 bits per heavy atom. The zero-order valence-corrected chi connectivity index (χ0v) is 16.0. The van der Waals surface area contributed by atoms with Crippen molar-refractivity contribution in [1.82, 2.24) is 10.1 Å². The lowest BCUT2D eigenvalue weighted by atomic mass is 10.2. The summed E-state index contributed by atoms with van der Waals surface area (Å²) in [4.78, 5) is 16.6. The van der Waals surface area contributed by atoms with Crippen molar-refractivity contribution in [3.05, 3.63) is 48.4 Å². The van der Waals surface area contributed by atoms with E-state index in [0.29, 0.717) is 47.8 Å². The first-order chi connectivity index (χ1) is 13.6. The van der Waals surface area contributed by atoms with Gasteiger partial charge in [-0.15, -0.1) is 0 Å². The molecule has 0 radical (unpaired) electrons. The van der Waals surface area contributed by atoms with Gasteiger partial charge in [-0.1, -0.05) is 5.16 Å². The van der Waals surface area contributed by atoms with Crippen LogP contribution in [0.2, 0.25) is 0 Å². The maximum absolute atomic E-state index is 12.4. The number of hydrogen-bond donors (Lipinski definition) is 2. The van der Waals surface area contributed by atoms with Crippen molar-refractivity contribution in [2.45, 2.75) is 20.8 Å². The largest absolute Gasteiger partial charge is 0.494 e. The van der Waals surface area contributed by atoms with Gasteiger partial charge in [-0.3, -0.25) is 0 Å². The van der Waals surface area contributed by atoms with Crippen LogP contribution in [0, 0.1) is 6.92 Å². The van der Waals surface area contributed by atoms with Gasteiger partial charge in [0.1, 0.15) is 11.5 Å². The molecule has 0 bridgehead atoms. The van der Waals surface area contributed by atoms with Gasteiger partial charge < -0.3 is 24.6 Å². The second-order valence-electron chi connectivity index (χ2n) is 5.82. The first-order valence-corrected chi connectivity index (χ1v) is 8.97. The van der Waals surface area contributed by atoms with Gasteiger partial charge in [0, 0.05) is 24.2 Å². The van der Waals surface area contributed by atoms with Crippen molar-refractivity contribution in [2.24, 2.45) is 0 Å². The number of aryl methyl sites for hydroxylation is 1. The van der Waals surface area contributed by atoms with Crippen LogP contribution in [-0.4, -0.2) is 29.4 Å². The van der Waals surface area contributed by atoms with E-state index in [1.54, 1.807) is 49.4 Å². The highest BCUT2D eigenvalue weighted by Crippen LogP contribution is 2.29. The van der Waals surface area contributed by atoms with Gasteiger partial charge in [0.25, 0.3) is 0 Å². The van der Waals surface area contributed by atoms with Crippen molar-refractivity contribution in [2.75, 3.05) is 23.8 Å². The number of amides is 2. The Morgan fingerprint density at radius 1 is 1.04 bits per heavy atom. The predicted molar refractivity (Wildman–Crippen MR) is 106 cm³/mol. The summed E-state index contributed by atoms with van der Waals surface area (Å²) in [5, 5.41) is 9.45. The normalized spacial score (nSPS) is 10.4. The summed E-state index contributed by atoms with van der Waals surface area (Å²) in [5.41, 5.74) is 1.95. The molecule has 0 spiro atoms. The van der Waals surface area contributed by atoms with Gasteiger partial charge in [0.05, 0.1) is 18.9 Å². The minimum Gasteiger partial charge on any atom is -0.494 e. The summed E-state index contributed by atoms with van der Waals surface area (Å²) in [6.45, 7) is 6.53. The lowest BCUT2D eigenvalue weighted by Crippen LogP contribution is -2.20. The Hall–Kier alpha value is -3.55. The van der Waals surface area contributed by atoms with Crippen LogP contribution in [0.1, 0.15) is 19.7 Å². The number of ether oxygens (including phenoxy) is 2. The van der Waals surface area contributed by atoms with Gasteiger partial charge >= 0.3 is 6.03 Å². The summed E-state index contributed by atoms with van der Waals surface area (Å²) >= 11 is 0. The third-order valence-corrected chi connectivity index (χ3v) is 3.74. The lowest BCUT2D eigenvalue weighted by Gasteiger charge is -2.14. The molecular formula is C20H22N4O4. The standard InChI is InChI=1S/C20H22N4O4/c1-4-26-16-10-11-18(27-5-2)17(12-16)23-20(25)22-15-8-6-14(7-9-15)19-21-13(3)28-24-19/h6-12H,4-5H2,1-3H3,(H2,22,23,25). The molecule has 0 fully saturated rings. The maximum atomic E-state index is 12.4. The van der Waals surface area contributed by atoms with Crippen LogP contribution < -0.4 is 20.1 Å². The van der Waals surface area contributed by atoms with E-state index in [9.17, 15) is 4.79 Å². The molecule has 146 valence electrons. The minimum atomic E-state index is -0.391. The second-order valence-corrected chi connectivity index (χ2v) is 5.82. The number of aromatic nitrogens is 2. The Balaban J connectivity index is 1.68. The lowest BCUT2D eigenvalue weighted by molar-refractivity contribution is 0.262. The topological polar surface area (TPSA) is 98.5 Å². The SMILES string of the molecule is CCOc1ccc(OCC)c(NC(=O)Nc2ccc(-c3noc(C)n3)cc2)c1. The van der Waals surface area contributed by atoms with Crippen molar-refractivity contribution in [1.29, 1.82) is 0 Å². The third kappa shape index (κ3) is 4.79. The molecule has 0 aliphatic rings. The van der Waals surface area contributed by atoms with E-state index in [2.05, 4.69) is 20.8 Å². The van der Waals surface area contributed by atoms with Crippen LogP contribution in [0.3, 0.4) is 0 Å². The number of hydrogen-bond acceptors (Lipinski definition) is 6. The average Bonchev–Trinajstić information content (AvgIpc) is 3.11. The number of nitrogens with one attached hydrogen (secondary N) is 2. The molecule has 8 heteroatoms. The molecule has 2 N–H and O–H groups in total. The zero-order chi connectivity index (χ0) is 19.9. The molecular weight excluding hydrogens is 360 g/mol. The number of benzene rings is 2. The first kappa shape index (κ1) is 19.2. The summed E-state index contributed by atoms with van der Waals surface area (Å²) in [7, 11) is 0. The van der Waals surface area contributed by atoms with Crippen molar-refractivity contribution < 1.29 is 18.8 Å². The molecule has 0 unspecified atom stereocenters. The molecule has 0 atom stereocenters. The predicted octanol–water partition coefficient (Wildman–Crippen LogP) is 4.49. The number of carbonyl (C=O) groups is 1. The summed E-state index contributed by atoms with van der Waals surface area (Å²) in [6, 6.07) is 12.1. The molecule has 3 aromatic rings. The second kappa shape index (κ2) is 8.90. The molecule has 0 aliphatic carbocycles. The van der Waals surface area contributed by atoms with E-state index < -0.39 is 6.03 Å². The molecule has 1 aromatic heterocycles. The Labute approximate surface area is 162 Å². The quantitative estimate of drug-likeness (QED) is 0.625. The number of anilines is 2. The van der Waals surface area contributed by atoms with Crippen LogP contribution >= 0.6 is 0 Å². The van der Waals surface area contributed by atoms with Gasteiger partial charge in [-0.2, -0.15) is 4.98 Å². The molecule has 3 rings (SSSR count). The van der Waals surface area contributed by atoms with Gasteiger partial charge in [0.15, 0.2) is 0 Å². The van der Waals surface area contributed by atoms with E-state index in [4.69, 9.17) is 14.0 Å². The fraction of sp³-hybridized carbons (Fsp3) is 0.250. The van der Waals surface area contributed by atoms with Gasteiger partial charge in [0.2, 0.25) is 11.7 Å². The van der Waals surface area contributed by atoms with E-state index in [0.717, 1.165) is 5.56 Å². The van der Waals surface area contributed by atoms with Crippen molar-refractivity contribution >= 4 is 17.4 Å². The van der Waals surface area contributed by atoms with Crippen molar-refractivity contribution in [3.63, 3.8) is 0 Å². The van der Waals surface area contributed by atoms with Gasteiger partial charge in [-0.25, -0.2) is 4.79 Å². The first-order valence-electron chi connectivity index (χ1n) is 8.97. The zero-order valence-electron chi connectivity index (χ0n) is 16.0. The number of urea groups is 1. The van der Waals surface area contributed by atoms with Crippen LogP contribution in [0.4, 0.5) is 16.2 Å². The van der Waals surface area contributed by atoms with Gasteiger partial charge in [-0.05, 0) is 50.2 Å². The van der Waals surface area contributed by atoms with E-state index in [1.807, 2.05) is 13.8 Å². The smallest absolute Gasteiger partial charge is 0.323 e. The Kier molecular flexibility index (Phi) is 6.11. The van der Waals surface area contributed by atoms with E-state index >= 15 is 0 Å². The molecule has 0 saturated carbocycles. The van der Waals surface area contributed by atoms with E-state index in [-0.39, 0.29) is 0 Å². The summed E-state index contributed by atoms with van der Waals surface area (Å²) < 4.78 is 16.0.